The summed E-state index contributed by atoms with van der Waals surface area (Å²) in [5.41, 5.74) is 0.485. The minimum Gasteiger partial charge on any atom is -0.271 e. The van der Waals surface area contributed by atoms with Gasteiger partial charge in [0.15, 0.2) is 0 Å². The van der Waals surface area contributed by atoms with Gasteiger partial charge in [0.25, 0.3) is 5.69 Å². The molecule has 0 bridgehead atoms. The monoisotopic (exact) mass is 323 g/mol. The van der Waals surface area contributed by atoms with E-state index in [1.807, 2.05) is 22.6 Å². The van der Waals surface area contributed by atoms with Crippen LogP contribution in [0, 0.1) is 13.8 Å². The SMILES string of the molecule is O=[N+]([O-])c1cc(Cl)cc2n[nH]c(I)c12. The van der Waals surface area contributed by atoms with Gasteiger partial charge in [0.1, 0.15) is 14.6 Å². The van der Waals surface area contributed by atoms with Crippen LogP contribution >= 0.6 is 34.2 Å². The van der Waals surface area contributed by atoms with Gasteiger partial charge in [-0.3, -0.25) is 15.2 Å². The van der Waals surface area contributed by atoms with Crippen LogP contribution in [-0.2, 0) is 0 Å². The molecule has 0 amide bonds. The van der Waals surface area contributed by atoms with E-state index < -0.39 is 4.92 Å². The molecule has 0 fully saturated rings. The first kappa shape index (κ1) is 9.66. The standard InChI is InChI=1S/C7H3ClIN3O2/c8-3-1-4-6(7(9)11-10-4)5(2-3)12(13)14/h1-2H,(H,10,11). The summed E-state index contributed by atoms with van der Waals surface area (Å²) in [6.07, 6.45) is 0. The van der Waals surface area contributed by atoms with Crippen molar-refractivity contribution in [2.75, 3.05) is 0 Å². The molecule has 0 aliphatic carbocycles. The average Bonchev–Trinajstić information content (AvgIpc) is 2.46. The number of aromatic amines is 1. The van der Waals surface area contributed by atoms with Gasteiger partial charge in [-0.15, -0.1) is 0 Å². The maximum absolute atomic E-state index is 10.7. The lowest BCUT2D eigenvalue weighted by molar-refractivity contribution is -0.383. The molecule has 1 aromatic carbocycles. The van der Waals surface area contributed by atoms with Crippen LogP contribution in [0.25, 0.3) is 10.9 Å². The Morgan fingerprint density at radius 2 is 2.29 bits per heavy atom. The molecule has 0 aliphatic rings. The number of nitro groups is 1. The molecular formula is C7H3ClIN3O2. The van der Waals surface area contributed by atoms with Crippen molar-refractivity contribution in [2.24, 2.45) is 0 Å². The molecule has 14 heavy (non-hydrogen) atoms. The Balaban J connectivity index is 2.90. The number of aromatic nitrogens is 2. The van der Waals surface area contributed by atoms with Crippen LogP contribution in [0.5, 0.6) is 0 Å². The third-order valence-corrected chi connectivity index (χ3v) is 2.75. The van der Waals surface area contributed by atoms with E-state index >= 15 is 0 Å². The summed E-state index contributed by atoms with van der Waals surface area (Å²) in [5.74, 6) is 0. The molecule has 1 heterocycles. The summed E-state index contributed by atoms with van der Waals surface area (Å²) in [7, 11) is 0. The molecule has 0 saturated heterocycles. The Morgan fingerprint density at radius 3 is 2.93 bits per heavy atom. The number of hydrogen-bond acceptors (Lipinski definition) is 3. The van der Waals surface area contributed by atoms with Crippen molar-refractivity contribution in [1.82, 2.24) is 10.2 Å². The van der Waals surface area contributed by atoms with E-state index in [4.69, 9.17) is 11.6 Å². The number of non-ortho nitro benzene ring substituents is 1. The van der Waals surface area contributed by atoms with Crippen LogP contribution in [0.15, 0.2) is 12.1 Å². The lowest BCUT2D eigenvalue weighted by atomic mass is 10.2. The van der Waals surface area contributed by atoms with Crippen LogP contribution in [0.2, 0.25) is 5.02 Å². The van der Waals surface area contributed by atoms with Gasteiger partial charge in [-0.2, -0.15) is 5.10 Å². The Morgan fingerprint density at radius 1 is 1.57 bits per heavy atom. The molecule has 2 aromatic rings. The Kier molecular flexibility index (Phi) is 2.31. The molecule has 1 N–H and O–H groups in total. The van der Waals surface area contributed by atoms with E-state index in [-0.39, 0.29) is 5.69 Å². The van der Waals surface area contributed by atoms with Gasteiger partial charge in [-0.05, 0) is 28.7 Å². The Labute approximate surface area is 96.7 Å². The molecule has 0 aliphatic heterocycles. The van der Waals surface area contributed by atoms with Gasteiger partial charge in [0, 0.05) is 11.1 Å². The van der Waals surface area contributed by atoms with Crippen molar-refractivity contribution in [2.45, 2.75) is 0 Å². The third kappa shape index (κ3) is 1.44. The molecule has 0 unspecified atom stereocenters. The van der Waals surface area contributed by atoms with Crippen LogP contribution in [0.4, 0.5) is 5.69 Å². The second kappa shape index (κ2) is 3.35. The summed E-state index contributed by atoms with van der Waals surface area (Å²) in [4.78, 5) is 10.3. The highest BCUT2D eigenvalue weighted by Crippen LogP contribution is 2.31. The van der Waals surface area contributed by atoms with Gasteiger partial charge in [-0.1, -0.05) is 11.6 Å². The van der Waals surface area contributed by atoms with E-state index in [0.29, 0.717) is 19.6 Å². The molecule has 1 aromatic heterocycles. The van der Waals surface area contributed by atoms with Crippen LogP contribution in [0.3, 0.4) is 0 Å². The van der Waals surface area contributed by atoms with Crippen LogP contribution in [-0.4, -0.2) is 15.1 Å². The topological polar surface area (TPSA) is 71.8 Å². The summed E-state index contributed by atoms with van der Waals surface area (Å²) < 4.78 is 0.640. The van der Waals surface area contributed by atoms with Crippen molar-refractivity contribution >= 4 is 50.8 Å². The fourth-order valence-corrected chi connectivity index (χ4v) is 2.08. The summed E-state index contributed by atoms with van der Waals surface area (Å²) in [5, 5.41) is 18.1. The van der Waals surface area contributed by atoms with Crippen molar-refractivity contribution in [3.8, 4) is 0 Å². The molecule has 72 valence electrons. The van der Waals surface area contributed by atoms with E-state index in [1.165, 1.54) is 6.07 Å². The van der Waals surface area contributed by atoms with E-state index in [2.05, 4.69) is 10.2 Å². The van der Waals surface area contributed by atoms with Crippen molar-refractivity contribution in [3.63, 3.8) is 0 Å². The molecule has 2 rings (SSSR count). The first-order valence-electron chi connectivity index (χ1n) is 3.57. The minimum atomic E-state index is -0.466. The predicted molar refractivity (Wildman–Crippen MR) is 60.5 cm³/mol. The number of rotatable bonds is 1. The first-order valence-corrected chi connectivity index (χ1v) is 5.03. The van der Waals surface area contributed by atoms with Gasteiger partial charge in [-0.25, -0.2) is 0 Å². The van der Waals surface area contributed by atoms with Gasteiger partial charge < -0.3 is 0 Å². The van der Waals surface area contributed by atoms with Gasteiger partial charge in [0.2, 0.25) is 0 Å². The van der Waals surface area contributed by atoms with E-state index in [9.17, 15) is 10.1 Å². The fraction of sp³-hybridized carbons (Fsp3) is 0. The molecule has 0 spiro atoms. The molecule has 0 saturated carbocycles. The number of hydrogen-bond donors (Lipinski definition) is 1. The number of halogens is 2. The quantitative estimate of drug-likeness (QED) is 0.498. The second-order valence-electron chi connectivity index (χ2n) is 2.61. The maximum Gasteiger partial charge on any atom is 0.282 e. The number of nitrogens with zero attached hydrogens (tertiary/aromatic N) is 2. The summed E-state index contributed by atoms with van der Waals surface area (Å²) >= 11 is 7.67. The third-order valence-electron chi connectivity index (χ3n) is 1.75. The number of nitrogens with one attached hydrogen (secondary N) is 1. The number of nitro benzene ring substituents is 1. The lowest BCUT2D eigenvalue weighted by Crippen LogP contribution is -1.89. The molecular weight excluding hydrogens is 320 g/mol. The number of H-pyrrole nitrogens is 1. The highest BCUT2D eigenvalue weighted by atomic mass is 127. The zero-order valence-electron chi connectivity index (χ0n) is 6.62. The predicted octanol–water partition coefficient (Wildman–Crippen LogP) is 2.73. The van der Waals surface area contributed by atoms with Crippen molar-refractivity contribution < 1.29 is 4.92 Å². The molecule has 7 heteroatoms. The van der Waals surface area contributed by atoms with Crippen LogP contribution in [0.1, 0.15) is 0 Å². The Bertz CT molecular complexity index is 525. The fourth-order valence-electron chi connectivity index (χ4n) is 1.20. The normalized spacial score (nSPS) is 10.7. The highest BCUT2D eigenvalue weighted by molar-refractivity contribution is 14.1. The van der Waals surface area contributed by atoms with E-state index in [0.717, 1.165) is 0 Å². The average molecular weight is 323 g/mol. The zero-order valence-corrected chi connectivity index (χ0v) is 9.53. The number of benzene rings is 1. The highest BCUT2D eigenvalue weighted by Gasteiger charge is 2.18. The zero-order chi connectivity index (χ0) is 10.3. The minimum absolute atomic E-state index is 0.0225. The second-order valence-corrected chi connectivity index (χ2v) is 4.13. The summed E-state index contributed by atoms with van der Waals surface area (Å²) in [6.45, 7) is 0. The smallest absolute Gasteiger partial charge is 0.271 e. The summed E-state index contributed by atoms with van der Waals surface area (Å²) in [6, 6.07) is 2.91. The van der Waals surface area contributed by atoms with Crippen molar-refractivity contribution in [3.05, 3.63) is 31.0 Å². The first-order chi connectivity index (χ1) is 6.59. The largest absolute Gasteiger partial charge is 0.282 e. The van der Waals surface area contributed by atoms with Gasteiger partial charge >= 0.3 is 0 Å². The van der Waals surface area contributed by atoms with Gasteiger partial charge in [0.05, 0.1) is 4.92 Å². The molecule has 5 nitrogen and oxygen atoms in total. The molecule has 0 atom stereocenters. The number of fused-ring (bicyclic) bond motifs is 1. The van der Waals surface area contributed by atoms with E-state index in [1.54, 1.807) is 6.07 Å². The van der Waals surface area contributed by atoms with Crippen molar-refractivity contribution in [1.29, 1.82) is 0 Å². The lowest BCUT2D eigenvalue weighted by Gasteiger charge is -1.94. The maximum atomic E-state index is 10.7. The Hall–Kier alpha value is -0.890. The van der Waals surface area contributed by atoms with Crippen LogP contribution < -0.4 is 0 Å². The molecule has 0 radical (unpaired) electrons.